The number of hydrogen-bond acceptors (Lipinski definition) is 6. The van der Waals surface area contributed by atoms with E-state index < -0.39 is 6.17 Å². The molecule has 3 heterocycles. The average molecular weight is 359 g/mol. The number of phenolic OH excluding ortho intramolecular Hbond substituents is 1. The molecule has 1 aromatic heterocycles. The van der Waals surface area contributed by atoms with Crippen LogP contribution in [0.25, 0.3) is 0 Å². The van der Waals surface area contributed by atoms with E-state index in [1.165, 1.54) is 4.88 Å². The standard InChI is InChI=1S/C18H21N3O3S/c1-3-24-10-4-5-11(13(22)8-10)16-19-17(23)15-12-6-7-21(2)9-14(12)25-18(15)20-16/h4-5,8,16,20,22H,3,6-7,9H2,1-2H3,(H,19,23)/t16-/m0/s1. The second kappa shape index (κ2) is 6.24. The fourth-order valence-electron chi connectivity index (χ4n) is 3.42. The molecule has 0 fully saturated rings. The smallest absolute Gasteiger partial charge is 0.256 e. The summed E-state index contributed by atoms with van der Waals surface area (Å²) in [6.45, 7) is 4.27. The summed E-state index contributed by atoms with van der Waals surface area (Å²) < 4.78 is 5.40. The molecule has 2 aromatic rings. The Morgan fingerprint density at radius 2 is 2.24 bits per heavy atom. The quantitative estimate of drug-likeness (QED) is 0.786. The largest absolute Gasteiger partial charge is 0.507 e. The second-order valence-corrected chi connectivity index (χ2v) is 7.51. The number of phenols is 1. The van der Waals surface area contributed by atoms with Crippen molar-refractivity contribution in [1.29, 1.82) is 0 Å². The van der Waals surface area contributed by atoms with Gasteiger partial charge in [-0.25, -0.2) is 0 Å². The van der Waals surface area contributed by atoms with E-state index in [2.05, 4.69) is 22.6 Å². The van der Waals surface area contributed by atoms with Crippen LogP contribution in [0.5, 0.6) is 11.5 Å². The fraction of sp³-hybridized carbons (Fsp3) is 0.389. The molecule has 2 aliphatic heterocycles. The van der Waals surface area contributed by atoms with Crippen molar-refractivity contribution in [2.75, 3.05) is 25.5 Å². The van der Waals surface area contributed by atoms with Crippen LogP contribution < -0.4 is 15.4 Å². The Hall–Kier alpha value is -2.25. The zero-order valence-electron chi connectivity index (χ0n) is 14.3. The molecule has 7 heteroatoms. The number of hydrogen-bond donors (Lipinski definition) is 3. The van der Waals surface area contributed by atoms with Crippen LogP contribution in [0.3, 0.4) is 0 Å². The number of ether oxygens (including phenoxy) is 1. The van der Waals surface area contributed by atoms with Crippen LogP contribution in [0, 0.1) is 0 Å². The number of fused-ring (bicyclic) bond motifs is 3. The molecule has 0 spiro atoms. The summed E-state index contributed by atoms with van der Waals surface area (Å²) in [5.74, 6) is 0.642. The lowest BCUT2D eigenvalue weighted by atomic mass is 10.0. The number of benzene rings is 1. The topological polar surface area (TPSA) is 73.8 Å². The van der Waals surface area contributed by atoms with Gasteiger partial charge in [0.15, 0.2) is 0 Å². The van der Waals surface area contributed by atoms with Gasteiger partial charge in [-0.05, 0) is 38.1 Å². The fourth-order valence-corrected chi connectivity index (χ4v) is 4.78. The van der Waals surface area contributed by atoms with E-state index in [1.54, 1.807) is 29.5 Å². The van der Waals surface area contributed by atoms with E-state index in [-0.39, 0.29) is 11.7 Å². The summed E-state index contributed by atoms with van der Waals surface area (Å²) in [7, 11) is 2.09. The molecule has 4 rings (SSSR count). The Labute approximate surface area is 150 Å². The highest BCUT2D eigenvalue weighted by Gasteiger charge is 2.33. The number of carbonyl (C=O) groups is 1. The van der Waals surface area contributed by atoms with Crippen LogP contribution >= 0.6 is 11.3 Å². The van der Waals surface area contributed by atoms with Gasteiger partial charge in [-0.3, -0.25) is 4.79 Å². The molecule has 6 nitrogen and oxygen atoms in total. The Balaban J connectivity index is 1.65. The number of carbonyl (C=O) groups excluding carboxylic acids is 1. The van der Waals surface area contributed by atoms with Crippen LogP contribution in [-0.4, -0.2) is 36.1 Å². The number of nitrogens with one attached hydrogen (secondary N) is 2. The van der Waals surface area contributed by atoms with Crippen LogP contribution in [0.2, 0.25) is 0 Å². The number of rotatable bonds is 3. The van der Waals surface area contributed by atoms with Crippen molar-refractivity contribution in [2.24, 2.45) is 0 Å². The highest BCUT2D eigenvalue weighted by atomic mass is 32.1. The maximum absolute atomic E-state index is 12.7. The molecule has 1 amide bonds. The Morgan fingerprint density at radius 1 is 1.40 bits per heavy atom. The third kappa shape index (κ3) is 2.83. The third-order valence-electron chi connectivity index (χ3n) is 4.65. The van der Waals surface area contributed by atoms with Gasteiger partial charge in [0.1, 0.15) is 22.7 Å². The number of amides is 1. The minimum atomic E-state index is -0.450. The second-order valence-electron chi connectivity index (χ2n) is 6.40. The van der Waals surface area contributed by atoms with E-state index in [0.717, 1.165) is 35.6 Å². The Bertz CT molecular complexity index is 833. The van der Waals surface area contributed by atoms with Gasteiger partial charge in [-0.2, -0.15) is 0 Å². The molecule has 1 aromatic carbocycles. The first-order valence-corrected chi connectivity index (χ1v) is 9.24. The monoisotopic (exact) mass is 359 g/mol. The van der Waals surface area contributed by atoms with Crippen molar-refractivity contribution in [3.05, 3.63) is 39.8 Å². The highest BCUT2D eigenvalue weighted by Crippen LogP contribution is 2.41. The minimum Gasteiger partial charge on any atom is -0.507 e. The predicted molar refractivity (Wildman–Crippen MR) is 97.5 cm³/mol. The van der Waals surface area contributed by atoms with Crippen LogP contribution in [0.1, 0.15) is 39.5 Å². The number of anilines is 1. The van der Waals surface area contributed by atoms with Crippen molar-refractivity contribution in [1.82, 2.24) is 10.2 Å². The molecular formula is C18H21N3O3S. The first kappa shape index (κ1) is 16.2. The molecular weight excluding hydrogens is 338 g/mol. The van der Waals surface area contributed by atoms with Gasteiger partial charge < -0.3 is 25.4 Å². The van der Waals surface area contributed by atoms with Crippen molar-refractivity contribution >= 4 is 22.2 Å². The van der Waals surface area contributed by atoms with E-state index in [9.17, 15) is 9.90 Å². The Kier molecular flexibility index (Phi) is 4.05. The van der Waals surface area contributed by atoms with Gasteiger partial charge in [-0.15, -0.1) is 11.3 Å². The average Bonchev–Trinajstić information content (AvgIpc) is 2.92. The van der Waals surface area contributed by atoms with Crippen molar-refractivity contribution in [2.45, 2.75) is 26.1 Å². The molecule has 132 valence electrons. The van der Waals surface area contributed by atoms with Gasteiger partial charge in [0.2, 0.25) is 0 Å². The Morgan fingerprint density at radius 3 is 3.00 bits per heavy atom. The third-order valence-corrected chi connectivity index (χ3v) is 5.80. The number of nitrogens with zero attached hydrogens (tertiary/aromatic N) is 1. The van der Waals surface area contributed by atoms with E-state index in [4.69, 9.17) is 4.74 Å². The van der Waals surface area contributed by atoms with Gasteiger partial charge in [0, 0.05) is 29.6 Å². The SMILES string of the molecule is CCOc1ccc([C@H]2NC(=O)c3c(sc4c3CCN(C)C4)N2)c(O)c1. The normalized spacial score (nSPS) is 19.6. The predicted octanol–water partition coefficient (Wildman–Crippen LogP) is 2.69. The lowest BCUT2D eigenvalue weighted by Crippen LogP contribution is -2.38. The van der Waals surface area contributed by atoms with Crippen molar-refractivity contribution in [3.63, 3.8) is 0 Å². The van der Waals surface area contributed by atoms with Crippen LogP contribution in [-0.2, 0) is 13.0 Å². The summed E-state index contributed by atoms with van der Waals surface area (Å²) in [4.78, 5) is 16.2. The number of likely N-dealkylation sites (N-methyl/N-ethyl adjacent to an activating group) is 1. The molecule has 0 aliphatic carbocycles. The summed E-state index contributed by atoms with van der Waals surface area (Å²) in [5, 5.41) is 17.6. The molecule has 2 aliphatic rings. The molecule has 0 saturated carbocycles. The molecule has 3 N–H and O–H groups in total. The van der Waals surface area contributed by atoms with Gasteiger partial charge in [0.25, 0.3) is 5.91 Å². The van der Waals surface area contributed by atoms with E-state index in [1.807, 2.05) is 6.92 Å². The van der Waals surface area contributed by atoms with Gasteiger partial charge >= 0.3 is 0 Å². The van der Waals surface area contributed by atoms with Gasteiger partial charge in [0.05, 0.1) is 12.2 Å². The summed E-state index contributed by atoms with van der Waals surface area (Å²) in [5.41, 5.74) is 2.57. The molecule has 1 atom stereocenters. The summed E-state index contributed by atoms with van der Waals surface area (Å²) in [6.07, 6.45) is 0.444. The number of aromatic hydroxyl groups is 1. The molecule has 0 radical (unpaired) electrons. The lowest BCUT2D eigenvalue weighted by molar-refractivity contribution is 0.0934. The van der Waals surface area contributed by atoms with Crippen LogP contribution in [0.15, 0.2) is 18.2 Å². The van der Waals surface area contributed by atoms with Crippen molar-refractivity contribution < 1.29 is 14.6 Å². The highest BCUT2D eigenvalue weighted by molar-refractivity contribution is 7.16. The minimum absolute atomic E-state index is 0.0749. The zero-order valence-corrected chi connectivity index (χ0v) is 15.1. The molecule has 0 saturated heterocycles. The maximum atomic E-state index is 12.7. The first-order chi connectivity index (χ1) is 12.1. The van der Waals surface area contributed by atoms with E-state index in [0.29, 0.717) is 17.9 Å². The van der Waals surface area contributed by atoms with Crippen molar-refractivity contribution in [3.8, 4) is 11.5 Å². The summed E-state index contributed by atoms with van der Waals surface area (Å²) >= 11 is 1.64. The maximum Gasteiger partial charge on any atom is 0.256 e. The summed E-state index contributed by atoms with van der Waals surface area (Å²) in [6, 6.07) is 5.16. The molecule has 0 unspecified atom stereocenters. The van der Waals surface area contributed by atoms with Gasteiger partial charge in [-0.1, -0.05) is 0 Å². The zero-order chi connectivity index (χ0) is 17.6. The van der Waals surface area contributed by atoms with E-state index >= 15 is 0 Å². The lowest BCUT2D eigenvalue weighted by Gasteiger charge is -2.28. The number of thiophene rings is 1. The molecule has 0 bridgehead atoms. The van der Waals surface area contributed by atoms with Crippen LogP contribution in [0.4, 0.5) is 5.00 Å². The molecule has 25 heavy (non-hydrogen) atoms. The first-order valence-electron chi connectivity index (χ1n) is 8.43.